The quantitative estimate of drug-likeness (QED) is 0.271. The Kier molecular flexibility index (Phi) is 10.3. The summed E-state index contributed by atoms with van der Waals surface area (Å²) in [7, 11) is 0.683. The van der Waals surface area contributed by atoms with Gasteiger partial charge >= 0.3 is 5.97 Å². The number of aliphatic hydroxyl groups is 1. The van der Waals surface area contributed by atoms with Crippen LogP contribution in [0.1, 0.15) is 63.5 Å². The van der Waals surface area contributed by atoms with Gasteiger partial charge in [0, 0.05) is 35.8 Å². The molecule has 32 heavy (non-hydrogen) atoms. The molecule has 0 heterocycles. The summed E-state index contributed by atoms with van der Waals surface area (Å²) < 4.78 is 17.1. The molecule has 8 heteroatoms. The standard InChI is InChI=1S/C24H38N2O5S/c1-4-31-21(28)10-9-19-7-5-8-20(17-19)23(2,22(29)26-25-3)11-6-12-24(13-14-24)18-32(30)16-15-27/h5,7-8,17,25,27H,4,6,9-16,18H2,1-3H3,(H,26,29). The van der Waals surface area contributed by atoms with Crippen LogP contribution in [0.2, 0.25) is 0 Å². The normalized spacial score (nSPS) is 17.2. The minimum Gasteiger partial charge on any atom is -0.466 e. The van der Waals surface area contributed by atoms with Crippen LogP contribution in [-0.4, -0.2) is 53.0 Å². The van der Waals surface area contributed by atoms with Crippen LogP contribution in [0.5, 0.6) is 0 Å². The molecule has 0 saturated heterocycles. The van der Waals surface area contributed by atoms with Gasteiger partial charge in [-0.05, 0) is 62.5 Å². The Morgan fingerprint density at radius 1 is 1.31 bits per heavy atom. The zero-order valence-corrected chi connectivity index (χ0v) is 20.4. The van der Waals surface area contributed by atoms with Crippen molar-refractivity contribution in [2.75, 3.05) is 31.8 Å². The Bertz CT molecular complexity index is 796. The molecule has 3 N–H and O–H groups in total. The van der Waals surface area contributed by atoms with E-state index in [9.17, 15) is 13.8 Å². The van der Waals surface area contributed by atoms with Crippen molar-refractivity contribution in [3.8, 4) is 0 Å². The molecule has 1 saturated carbocycles. The molecule has 0 radical (unpaired) electrons. The minimum atomic E-state index is -0.988. The topological polar surface area (TPSA) is 105 Å². The zero-order chi connectivity index (χ0) is 23.6. The Morgan fingerprint density at radius 3 is 2.69 bits per heavy atom. The second kappa shape index (κ2) is 12.5. The number of carbonyl (C=O) groups excluding carboxylic acids is 2. The Hall–Kier alpha value is -1.77. The fourth-order valence-electron chi connectivity index (χ4n) is 4.17. The maximum absolute atomic E-state index is 13.0. The molecule has 0 bridgehead atoms. The van der Waals surface area contributed by atoms with Gasteiger partial charge in [0.25, 0.3) is 0 Å². The largest absolute Gasteiger partial charge is 0.466 e. The third-order valence-corrected chi connectivity index (χ3v) is 7.93. The average molecular weight is 467 g/mol. The number of aliphatic hydroxyl groups excluding tert-OH is 1. The van der Waals surface area contributed by atoms with Gasteiger partial charge in [-0.3, -0.25) is 19.2 Å². The lowest BCUT2D eigenvalue weighted by molar-refractivity contribution is -0.143. The van der Waals surface area contributed by atoms with Gasteiger partial charge in [0.2, 0.25) is 5.91 Å². The SMILES string of the molecule is CCOC(=O)CCc1cccc(C(C)(CCCC2(CS(=O)CCO)CC2)C(=O)NNC)c1. The number of hydrazine groups is 1. The fraction of sp³-hybridized carbons (Fsp3) is 0.667. The summed E-state index contributed by atoms with van der Waals surface area (Å²) in [6.45, 7) is 4.07. The maximum atomic E-state index is 13.0. The predicted octanol–water partition coefficient (Wildman–Crippen LogP) is 2.38. The molecule has 2 atom stereocenters. The number of benzene rings is 1. The molecule has 2 unspecified atom stereocenters. The lowest BCUT2D eigenvalue weighted by atomic mass is 9.76. The summed E-state index contributed by atoms with van der Waals surface area (Å²) in [4.78, 5) is 24.8. The summed E-state index contributed by atoms with van der Waals surface area (Å²) in [6, 6.07) is 7.87. The Morgan fingerprint density at radius 2 is 2.06 bits per heavy atom. The number of ether oxygens (including phenoxy) is 1. The van der Waals surface area contributed by atoms with E-state index in [2.05, 4.69) is 10.9 Å². The summed E-state index contributed by atoms with van der Waals surface area (Å²) >= 11 is 0. The van der Waals surface area contributed by atoms with Crippen molar-refractivity contribution in [1.82, 2.24) is 10.9 Å². The lowest BCUT2D eigenvalue weighted by Crippen LogP contribution is -2.47. The van der Waals surface area contributed by atoms with Crippen molar-refractivity contribution in [3.05, 3.63) is 35.4 Å². The van der Waals surface area contributed by atoms with E-state index in [-0.39, 0.29) is 23.9 Å². The lowest BCUT2D eigenvalue weighted by Gasteiger charge is -2.30. The molecule has 1 aromatic rings. The van der Waals surface area contributed by atoms with E-state index >= 15 is 0 Å². The Labute approximate surface area is 194 Å². The zero-order valence-electron chi connectivity index (χ0n) is 19.6. The number of esters is 1. The van der Waals surface area contributed by atoms with Gasteiger partial charge in [0.15, 0.2) is 0 Å². The van der Waals surface area contributed by atoms with Crippen LogP contribution in [0.25, 0.3) is 0 Å². The molecule has 7 nitrogen and oxygen atoms in total. The van der Waals surface area contributed by atoms with E-state index in [0.717, 1.165) is 36.8 Å². The van der Waals surface area contributed by atoms with Crippen LogP contribution in [0.3, 0.4) is 0 Å². The van der Waals surface area contributed by atoms with Gasteiger partial charge < -0.3 is 9.84 Å². The fourth-order valence-corrected chi connectivity index (χ4v) is 5.63. The molecular formula is C24H38N2O5S. The third kappa shape index (κ3) is 7.67. The molecule has 1 fully saturated rings. The van der Waals surface area contributed by atoms with Gasteiger partial charge in [-0.1, -0.05) is 30.7 Å². The van der Waals surface area contributed by atoms with Gasteiger partial charge in [0.05, 0.1) is 18.6 Å². The average Bonchev–Trinajstić information content (AvgIpc) is 3.52. The minimum absolute atomic E-state index is 0.0442. The number of hydrogen-bond donors (Lipinski definition) is 3. The number of carbonyl (C=O) groups is 2. The highest BCUT2D eigenvalue weighted by Gasteiger charge is 2.44. The highest BCUT2D eigenvalue weighted by atomic mass is 32.2. The van der Waals surface area contributed by atoms with Gasteiger partial charge in [-0.2, -0.15) is 0 Å². The van der Waals surface area contributed by atoms with Gasteiger partial charge in [-0.15, -0.1) is 0 Å². The van der Waals surface area contributed by atoms with Crippen LogP contribution in [-0.2, 0) is 37.0 Å². The smallest absolute Gasteiger partial charge is 0.306 e. The van der Waals surface area contributed by atoms with Gasteiger partial charge in [0.1, 0.15) is 0 Å². The summed E-state index contributed by atoms with van der Waals surface area (Å²) in [6.07, 6.45) is 5.43. The molecular weight excluding hydrogens is 428 g/mol. The van der Waals surface area contributed by atoms with E-state index in [4.69, 9.17) is 9.84 Å². The number of rotatable bonds is 15. The molecule has 0 aliphatic heterocycles. The highest BCUT2D eigenvalue weighted by Crippen LogP contribution is 2.51. The number of amides is 1. The van der Waals surface area contributed by atoms with Crippen molar-refractivity contribution in [2.45, 2.75) is 64.2 Å². The van der Waals surface area contributed by atoms with Crippen molar-refractivity contribution in [1.29, 1.82) is 0 Å². The first kappa shape index (κ1) is 26.5. The number of aryl methyl sites for hydroxylation is 1. The van der Waals surface area contributed by atoms with Crippen LogP contribution >= 0.6 is 0 Å². The first-order chi connectivity index (χ1) is 15.3. The molecule has 1 aliphatic rings. The highest BCUT2D eigenvalue weighted by molar-refractivity contribution is 7.85. The van der Waals surface area contributed by atoms with Crippen molar-refractivity contribution in [3.63, 3.8) is 0 Å². The number of nitrogens with one attached hydrogen (secondary N) is 2. The van der Waals surface area contributed by atoms with Crippen molar-refractivity contribution >= 4 is 22.7 Å². The van der Waals surface area contributed by atoms with Crippen LogP contribution in [0, 0.1) is 5.41 Å². The molecule has 1 amide bonds. The van der Waals surface area contributed by atoms with Crippen molar-refractivity contribution < 1.29 is 23.6 Å². The number of hydrogen-bond acceptors (Lipinski definition) is 6. The molecule has 1 aromatic carbocycles. The van der Waals surface area contributed by atoms with E-state index in [0.29, 0.717) is 37.4 Å². The Balaban J connectivity index is 2.08. The first-order valence-electron chi connectivity index (χ1n) is 11.5. The summed E-state index contributed by atoms with van der Waals surface area (Å²) in [5, 5.41) is 9.02. The predicted molar refractivity (Wildman–Crippen MR) is 126 cm³/mol. The van der Waals surface area contributed by atoms with Crippen molar-refractivity contribution in [2.24, 2.45) is 5.41 Å². The van der Waals surface area contributed by atoms with Crippen LogP contribution < -0.4 is 10.9 Å². The summed E-state index contributed by atoms with van der Waals surface area (Å²) in [5.74, 6) is 0.650. The molecule has 0 aromatic heterocycles. The molecule has 0 spiro atoms. The van der Waals surface area contributed by atoms with Gasteiger partial charge in [-0.25, -0.2) is 5.43 Å². The molecule has 180 valence electrons. The second-order valence-electron chi connectivity index (χ2n) is 8.91. The van der Waals surface area contributed by atoms with E-state index in [1.165, 1.54) is 0 Å². The third-order valence-electron chi connectivity index (χ3n) is 6.35. The summed E-state index contributed by atoms with van der Waals surface area (Å²) in [5.41, 5.74) is 6.77. The monoisotopic (exact) mass is 466 g/mol. The van der Waals surface area contributed by atoms with E-state index < -0.39 is 16.2 Å². The van der Waals surface area contributed by atoms with Crippen LogP contribution in [0.15, 0.2) is 24.3 Å². The second-order valence-corrected chi connectivity index (χ2v) is 10.5. The maximum Gasteiger partial charge on any atom is 0.306 e. The molecule has 1 aliphatic carbocycles. The van der Waals surface area contributed by atoms with Crippen LogP contribution in [0.4, 0.5) is 0 Å². The van der Waals surface area contributed by atoms with E-state index in [1.807, 2.05) is 31.2 Å². The first-order valence-corrected chi connectivity index (χ1v) is 13.0. The molecule has 2 rings (SSSR count). The van der Waals surface area contributed by atoms with E-state index in [1.54, 1.807) is 14.0 Å².